The predicted octanol–water partition coefficient (Wildman–Crippen LogP) is 3.07. The van der Waals surface area contributed by atoms with Crippen LogP contribution in [0.2, 0.25) is 0 Å². The SMILES string of the molecule is CCC(=O)CCCCC[C@@H]1NC(=O)[C@H]2CCCCN2C(=O)[C@H]([C@@H](C)CC)NC(=O)[C@H](Cc2cn(OC)c3ccccc23)NC1=O.CCO. The quantitative estimate of drug-likeness (QED) is 0.253. The van der Waals surface area contributed by atoms with Gasteiger partial charge >= 0.3 is 0 Å². The number of nitrogens with zero attached hydrogens (tertiary/aromatic N) is 2. The molecule has 0 bridgehead atoms. The number of aliphatic hydroxyl groups is 1. The lowest BCUT2D eigenvalue weighted by Crippen LogP contribution is -2.64. The maximum Gasteiger partial charge on any atom is 0.246 e. The molecule has 48 heavy (non-hydrogen) atoms. The first-order chi connectivity index (χ1) is 23.1. The van der Waals surface area contributed by atoms with Crippen molar-refractivity contribution in [3.05, 3.63) is 36.0 Å². The summed E-state index contributed by atoms with van der Waals surface area (Å²) >= 11 is 0. The number of piperidine rings is 1. The van der Waals surface area contributed by atoms with Crippen molar-refractivity contribution < 1.29 is 33.9 Å². The number of aromatic nitrogens is 1. The van der Waals surface area contributed by atoms with Crippen LogP contribution in [0.1, 0.15) is 97.5 Å². The number of carbonyl (C=O) groups excluding carboxylic acids is 5. The van der Waals surface area contributed by atoms with Gasteiger partial charge in [-0.3, -0.25) is 24.0 Å². The molecule has 0 unspecified atom stereocenters. The minimum absolute atomic E-state index is 0.155. The largest absolute Gasteiger partial charge is 0.417 e. The summed E-state index contributed by atoms with van der Waals surface area (Å²) in [6.45, 7) is 8.07. The number of aliphatic hydroxyl groups excluding tert-OH is 1. The van der Waals surface area contributed by atoms with Crippen molar-refractivity contribution in [1.82, 2.24) is 25.6 Å². The standard InChI is InChI=1S/C34H49N5O6.C2H6O/c1-5-22(3)30-34(44)38-19-13-12-18-29(38)33(43)35-26(16-9-7-8-14-24(40)6-2)31(41)36-27(32(42)37-30)20-23-21-39(45-4)28-17-11-10-15-25(23)28;1-2-3/h10-11,15,17,21-22,26-27,29-30H,5-9,12-14,16,18-20H2,1-4H3,(H,35,43)(H,36,41)(H,37,42);3H,2H2,1H3/t22-,26-,27-,29+,30-;/m0./s1. The molecule has 5 atom stereocenters. The lowest BCUT2D eigenvalue weighted by molar-refractivity contribution is -0.147. The van der Waals surface area contributed by atoms with Gasteiger partial charge in [-0.25, -0.2) is 0 Å². The lowest BCUT2D eigenvalue weighted by Gasteiger charge is -2.39. The van der Waals surface area contributed by atoms with Crippen molar-refractivity contribution in [2.24, 2.45) is 5.92 Å². The number of ketones is 1. The highest BCUT2D eigenvalue weighted by atomic mass is 16.6. The molecule has 266 valence electrons. The minimum Gasteiger partial charge on any atom is -0.417 e. The third kappa shape index (κ3) is 10.0. The molecule has 1 aromatic heterocycles. The summed E-state index contributed by atoms with van der Waals surface area (Å²) in [6, 6.07) is 4.20. The predicted molar refractivity (Wildman–Crippen MR) is 184 cm³/mol. The number of carbonyl (C=O) groups is 5. The highest BCUT2D eigenvalue weighted by Crippen LogP contribution is 2.24. The number of Topliss-reactive ketones (excluding diaryl/α,β-unsaturated/α-hetero) is 1. The first-order valence-electron chi connectivity index (χ1n) is 17.6. The van der Waals surface area contributed by atoms with Crippen LogP contribution in [0.3, 0.4) is 0 Å². The summed E-state index contributed by atoms with van der Waals surface area (Å²) in [6.07, 6.45) is 8.07. The second-order valence-corrected chi connectivity index (χ2v) is 12.7. The number of nitrogens with one attached hydrogen (secondary N) is 3. The Morgan fingerprint density at radius 2 is 1.65 bits per heavy atom. The van der Waals surface area contributed by atoms with E-state index in [0.29, 0.717) is 51.5 Å². The molecule has 2 fully saturated rings. The maximum absolute atomic E-state index is 14.0. The van der Waals surface area contributed by atoms with Crippen LogP contribution in [0.25, 0.3) is 10.9 Å². The van der Waals surface area contributed by atoms with E-state index in [1.54, 1.807) is 29.9 Å². The maximum atomic E-state index is 14.0. The number of para-hydroxylation sites is 1. The summed E-state index contributed by atoms with van der Waals surface area (Å²) in [5.74, 6) is -1.50. The number of benzene rings is 1. The third-order valence-electron chi connectivity index (χ3n) is 9.36. The minimum atomic E-state index is -1.01. The second kappa shape index (κ2) is 19.2. The zero-order valence-corrected chi connectivity index (χ0v) is 29.3. The highest BCUT2D eigenvalue weighted by molar-refractivity contribution is 5.98. The first-order valence-corrected chi connectivity index (χ1v) is 17.6. The normalized spacial score (nSPS) is 22.6. The van der Waals surface area contributed by atoms with Crippen molar-refractivity contribution in [3.8, 4) is 0 Å². The fourth-order valence-corrected chi connectivity index (χ4v) is 6.38. The average molecular weight is 670 g/mol. The molecular formula is C36H55N5O7. The Morgan fingerprint density at radius 1 is 0.958 bits per heavy atom. The van der Waals surface area contributed by atoms with Crippen LogP contribution in [-0.4, -0.2) is 88.6 Å². The van der Waals surface area contributed by atoms with Crippen LogP contribution in [0.5, 0.6) is 0 Å². The number of amides is 4. The Morgan fingerprint density at radius 3 is 2.33 bits per heavy atom. The Balaban J connectivity index is 0.00000201. The van der Waals surface area contributed by atoms with Crippen molar-refractivity contribution in [1.29, 1.82) is 0 Å². The smallest absolute Gasteiger partial charge is 0.246 e. The molecule has 0 spiro atoms. The zero-order valence-electron chi connectivity index (χ0n) is 29.3. The third-order valence-corrected chi connectivity index (χ3v) is 9.36. The van der Waals surface area contributed by atoms with Gasteiger partial charge in [0.15, 0.2) is 0 Å². The molecule has 12 nitrogen and oxygen atoms in total. The van der Waals surface area contributed by atoms with Crippen LogP contribution in [0.4, 0.5) is 0 Å². The number of hydrogen-bond acceptors (Lipinski definition) is 7. The van der Waals surface area contributed by atoms with Gasteiger partial charge in [0, 0.05) is 44.0 Å². The molecule has 0 saturated carbocycles. The van der Waals surface area contributed by atoms with Gasteiger partial charge in [-0.05, 0) is 56.6 Å². The van der Waals surface area contributed by atoms with Gasteiger partial charge in [-0.2, -0.15) is 4.73 Å². The Kier molecular flexibility index (Phi) is 15.4. The first kappa shape index (κ1) is 38.5. The van der Waals surface area contributed by atoms with Crippen LogP contribution >= 0.6 is 0 Å². The molecule has 2 aliphatic heterocycles. The number of rotatable bonds is 12. The second-order valence-electron chi connectivity index (χ2n) is 12.7. The summed E-state index contributed by atoms with van der Waals surface area (Å²) in [4.78, 5) is 74.5. The zero-order chi connectivity index (χ0) is 35.2. The molecule has 4 N–H and O–H groups in total. The van der Waals surface area contributed by atoms with Crippen molar-refractivity contribution in [2.75, 3.05) is 20.3 Å². The highest BCUT2D eigenvalue weighted by Gasteiger charge is 2.40. The van der Waals surface area contributed by atoms with Crippen molar-refractivity contribution in [3.63, 3.8) is 0 Å². The van der Waals surface area contributed by atoms with Gasteiger partial charge in [-0.15, -0.1) is 0 Å². The van der Waals surface area contributed by atoms with E-state index in [4.69, 9.17) is 9.94 Å². The van der Waals surface area contributed by atoms with Gasteiger partial charge in [0.05, 0.1) is 5.52 Å². The molecule has 2 aliphatic rings. The van der Waals surface area contributed by atoms with Gasteiger partial charge in [0.1, 0.15) is 37.1 Å². The molecule has 0 aliphatic carbocycles. The van der Waals surface area contributed by atoms with E-state index >= 15 is 0 Å². The van der Waals surface area contributed by atoms with Crippen LogP contribution in [0, 0.1) is 5.92 Å². The lowest BCUT2D eigenvalue weighted by atomic mass is 9.93. The van der Waals surface area contributed by atoms with Crippen molar-refractivity contribution >= 4 is 40.3 Å². The molecule has 1 aromatic carbocycles. The van der Waals surface area contributed by atoms with Gasteiger partial charge in [-0.1, -0.05) is 58.2 Å². The molecule has 0 radical (unpaired) electrons. The van der Waals surface area contributed by atoms with Gasteiger partial charge in [0.25, 0.3) is 0 Å². The number of hydrogen-bond donors (Lipinski definition) is 4. The number of fused-ring (bicyclic) bond motifs is 2. The van der Waals surface area contributed by atoms with E-state index in [0.717, 1.165) is 35.7 Å². The Hall–Kier alpha value is -3.93. The van der Waals surface area contributed by atoms with Gasteiger partial charge in [0.2, 0.25) is 23.6 Å². The average Bonchev–Trinajstić information content (AvgIpc) is 3.45. The van der Waals surface area contributed by atoms with E-state index < -0.39 is 36.0 Å². The Bertz CT molecular complexity index is 1390. The fourth-order valence-electron chi connectivity index (χ4n) is 6.38. The van der Waals surface area contributed by atoms with E-state index in [2.05, 4.69) is 16.0 Å². The van der Waals surface area contributed by atoms with Crippen molar-refractivity contribution in [2.45, 2.75) is 122 Å². The molecule has 4 amide bonds. The number of unbranched alkanes of at least 4 members (excludes halogenated alkanes) is 2. The van der Waals surface area contributed by atoms with Gasteiger partial charge < -0.3 is 30.8 Å². The topological polar surface area (TPSA) is 159 Å². The van der Waals surface area contributed by atoms with Crippen LogP contribution < -0.4 is 20.8 Å². The molecule has 2 aromatic rings. The van der Waals surface area contributed by atoms with Crippen LogP contribution in [-0.2, 0) is 30.4 Å². The summed E-state index contributed by atoms with van der Waals surface area (Å²) in [5.41, 5.74) is 1.62. The summed E-state index contributed by atoms with van der Waals surface area (Å²) in [5, 5.41) is 17.3. The summed E-state index contributed by atoms with van der Waals surface area (Å²) in [7, 11) is 1.56. The van der Waals surface area contributed by atoms with E-state index in [1.807, 2.05) is 45.0 Å². The molecule has 12 heteroatoms. The fraction of sp³-hybridized carbons (Fsp3) is 0.639. The molecule has 4 rings (SSSR count). The van der Waals surface area contributed by atoms with E-state index in [-0.39, 0.29) is 36.5 Å². The molecule has 2 saturated heterocycles. The Labute approximate surface area is 284 Å². The molecular weight excluding hydrogens is 614 g/mol. The van der Waals surface area contributed by atoms with E-state index in [9.17, 15) is 24.0 Å². The monoisotopic (exact) mass is 669 g/mol. The molecule has 3 heterocycles. The summed E-state index contributed by atoms with van der Waals surface area (Å²) < 4.78 is 1.62. The van der Waals surface area contributed by atoms with Crippen LogP contribution in [0.15, 0.2) is 30.5 Å². The van der Waals surface area contributed by atoms with E-state index in [1.165, 1.54) is 0 Å².